The first-order valence-electron chi connectivity index (χ1n) is 7.36. The Morgan fingerprint density at radius 2 is 2.10 bits per heavy atom. The summed E-state index contributed by atoms with van der Waals surface area (Å²) in [7, 11) is 1.35. The van der Waals surface area contributed by atoms with Crippen molar-refractivity contribution in [3.05, 3.63) is 35.9 Å². The number of benzene rings is 1. The molecule has 0 unspecified atom stereocenters. The second-order valence-corrected chi connectivity index (χ2v) is 6.34. The topological polar surface area (TPSA) is 55.8 Å². The van der Waals surface area contributed by atoms with Gasteiger partial charge in [0, 0.05) is 6.61 Å². The quantitative estimate of drug-likeness (QED) is 0.867. The van der Waals surface area contributed by atoms with Crippen LogP contribution in [0.5, 0.6) is 0 Å². The lowest BCUT2D eigenvalue weighted by Gasteiger charge is -2.43. The van der Waals surface area contributed by atoms with E-state index in [1.54, 1.807) is 0 Å². The first kappa shape index (κ1) is 16.0. The molecule has 1 aliphatic heterocycles. The summed E-state index contributed by atoms with van der Waals surface area (Å²) in [5.41, 5.74) is -0.741. The van der Waals surface area contributed by atoms with Gasteiger partial charge in [0.2, 0.25) is 0 Å². The van der Waals surface area contributed by atoms with Crippen molar-refractivity contribution >= 4 is 5.97 Å². The summed E-state index contributed by atoms with van der Waals surface area (Å²) in [6.07, 6.45) is 1.40. The second-order valence-electron chi connectivity index (χ2n) is 6.34. The Morgan fingerprint density at radius 1 is 1.43 bits per heavy atom. The minimum atomic E-state index is -1.21. The number of esters is 1. The minimum absolute atomic E-state index is 0.0335. The highest BCUT2D eigenvalue weighted by atomic mass is 16.5. The van der Waals surface area contributed by atoms with Gasteiger partial charge in [-0.25, -0.2) is 0 Å². The van der Waals surface area contributed by atoms with E-state index in [0.717, 1.165) is 12.0 Å². The van der Waals surface area contributed by atoms with Gasteiger partial charge in [0.25, 0.3) is 0 Å². The van der Waals surface area contributed by atoms with Crippen molar-refractivity contribution in [2.45, 2.75) is 44.3 Å². The van der Waals surface area contributed by atoms with Crippen molar-refractivity contribution < 1.29 is 19.4 Å². The predicted molar refractivity (Wildman–Crippen MR) is 79.7 cm³/mol. The van der Waals surface area contributed by atoms with Crippen molar-refractivity contribution in [1.82, 2.24) is 0 Å². The number of carbonyl (C=O) groups is 1. The van der Waals surface area contributed by atoms with E-state index >= 15 is 0 Å². The van der Waals surface area contributed by atoms with Crippen molar-refractivity contribution in [3.8, 4) is 0 Å². The third-order valence-corrected chi connectivity index (χ3v) is 4.29. The van der Waals surface area contributed by atoms with Gasteiger partial charge in [-0.3, -0.25) is 4.79 Å². The summed E-state index contributed by atoms with van der Waals surface area (Å²) < 4.78 is 10.5. The molecule has 4 heteroatoms. The largest absolute Gasteiger partial charge is 0.469 e. The second kappa shape index (κ2) is 6.16. The van der Waals surface area contributed by atoms with Crippen LogP contribution in [0.15, 0.2) is 30.3 Å². The molecular formula is C17H24O4. The van der Waals surface area contributed by atoms with Gasteiger partial charge in [-0.05, 0) is 38.2 Å². The Labute approximate surface area is 126 Å². The van der Waals surface area contributed by atoms with E-state index in [2.05, 4.69) is 0 Å². The molecule has 0 aliphatic carbocycles. The Hall–Kier alpha value is -1.39. The Balaban J connectivity index is 2.34. The Bertz CT molecular complexity index is 483. The van der Waals surface area contributed by atoms with Crippen LogP contribution in [0.2, 0.25) is 0 Å². The van der Waals surface area contributed by atoms with Crippen LogP contribution >= 0.6 is 0 Å². The molecule has 1 aromatic carbocycles. The third kappa shape index (κ3) is 3.63. The van der Waals surface area contributed by atoms with Gasteiger partial charge in [-0.2, -0.15) is 0 Å². The Morgan fingerprint density at radius 3 is 2.67 bits per heavy atom. The van der Waals surface area contributed by atoms with Crippen LogP contribution in [0, 0.1) is 5.92 Å². The molecule has 116 valence electrons. The van der Waals surface area contributed by atoms with Crippen LogP contribution in [0.1, 0.15) is 38.7 Å². The van der Waals surface area contributed by atoms with E-state index in [9.17, 15) is 9.90 Å². The number of methoxy groups -OCH3 is 1. The standard InChI is InChI=1S/C17H24O4/c1-16(2)11-14(9-10-21-16)17(19,12-15(18)20-3)13-7-5-4-6-8-13/h4-8,14,19H,9-12H2,1-3H3/t14-,17-/m1/s1. The summed E-state index contributed by atoms with van der Waals surface area (Å²) >= 11 is 0. The molecule has 1 fully saturated rings. The maximum atomic E-state index is 11.8. The summed E-state index contributed by atoms with van der Waals surface area (Å²) in [4.78, 5) is 11.8. The maximum absolute atomic E-state index is 11.8. The number of carbonyl (C=O) groups excluding carboxylic acids is 1. The molecule has 0 bridgehead atoms. The number of ether oxygens (including phenoxy) is 2. The molecule has 0 radical (unpaired) electrons. The molecule has 0 aromatic heterocycles. The van der Waals surface area contributed by atoms with E-state index in [1.165, 1.54) is 7.11 Å². The number of hydrogen-bond acceptors (Lipinski definition) is 4. The molecular weight excluding hydrogens is 268 g/mol. The zero-order chi connectivity index (χ0) is 15.5. The summed E-state index contributed by atoms with van der Waals surface area (Å²) in [5.74, 6) is -0.437. The molecule has 21 heavy (non-hydrogen) atoms. The average molecular weight is 292 g/mol. The molecule has 0 saturated carbocycles. The monoisotopic (exact) mass is 292 g/mol. The SMILES string of the molecule is COC(=O)C[C@@](O)(c1ccccc1)[C@@H]1CCOC(C)(C)C1. The van der Waals surface area contributed by atoms with Crippen LogP contribution in [0.3, 0.4) is 0 Å². The fourth-order valence-corrected chi connectivity index (χ4v) is 3.14. The van der Waals surface area contributed by atoms with Gasteiger partial charge >= 0.3 is 5.97 Å². The molecule has 2 atom stereocenters. The molecule has 0 spiro atoms. The highest BCUT2D eigenvalue weighted by molar-refractivity contribution is 5.71. The lowest BCUT2D eigenvalue weighted by atomic mass is 9.71. The van der Waals surface area contributed by atoms with Gasteiger partial charge in [0.1, 0.15) is 5.60 Å². The van der Waals surface area contributed by atoms with E-state index in [1.807, 2.05) is 44.2 Å². The zero-order valence-corrected chi connectivity index (χ0v) is 13.0. The van der Waals surface area contributed by atoms with E-state index in [-0.39, 0.29) is 17.9 Å². The van der Waals surface area contributed by atoms with E-state index in [4.69, 9.17) is 9.47 Å². The first-order valence-corrected chi connectivity index (χ1v) is 7.36. The van der Waals surface area contributed by atoms with Gasteiger partial charge < -0.3 is 14.6 Å². The Kier molecular flexibility index (Phi) is 4.69. The summed E-state index contributed by atoms with van der Waals surface area (Å²) in [6, 6.07) is 9.39. The molecule has 0 amide bonds. The van der Waals surface area contributed by atoms with Crippen LogP contribution in [0.25, 0.3) is 0 Å². The minimum Gasteiger partial charge on any atom is -0.469 e. The van der Waals surface area contributed by atoms with Crippen molar-refractivity contribution in [1.29, 1.82) is 0 Å². The highest BCUT2D eigenvalue weighted by Crippen LogP contribution is 2.43. The number of hydrogen-bond donors (Lipinski definition) is 1. The highest BCUT2D eigenvalue weighted by Gasteiger charge is 2.45. The fourth-order valence-electron chi connectivity index (χ4n) is 3.14. The van der Waals surface area contributed by atoms with E-state index < -0.39 is 11.6 Å². The zero-order valence-electron chi connectivity index (χ0n) is 13.0. The lowest BCUT2D eigenvalue weighted by molar-refractivity contribution is -0.160. The van der Waals surface area contributed by atoms with Crippen molar-refractivity contribution in [2.75, 3.05) is 13.7 Å². The van der Waals surface area contributed by atoms with Crippen LogP contribution in [-0.2, 0) is 19.9 Å². The molecule has 1 heterocycles. The normalized spacial score (nSPS) is 24.1. The molecule has 1 saturated heterocycles. The van der Waals surface area contributed by atoms with Crippen LogP contribution in [-0.4, -0.2) is 30.4 Å². The molecule has 1 aliphatic rings. The number of rotatable bonds is 4. The molecule has 1 aromatic rings. The molecule has 2 rings (SSSR count). The van der Waals surface area contributed by atoms with E-state index in [0.29, 0.717) is 13.0 Å². The fraction of sp³-hybridized carbons (Fsp3) is 0.588. The van der Waals surface area contributed by atoms with Crippen LogP contribution < -0.4 is 0 Å². The van der Waals surface area contributed by atoms with Crippen molar-refractivity contribution in [3.63, 3.8) is 0 Å². The van der Waals surface area contributed by atoms with Gasteiger partial charge in [-0.1, -0.05) is 30.3 Å². The summed E-state index contributed by atoms with van der Waals surface area (Å²) in [5, 5.41) is 11.3. The van der Waals surface area contributed by atoms with Gasteiger partial charge in [0.05, 0.1) is 19.1 Å². The smallest absolute Gasteiger partial charge is 0.308 e. The van der Waals surface area contributed by atoms with Crippen LogP contribution in [0.4, 0.5) is 0 Å². The molecule has 4 nitrogen and oxygen atoms in total. The average Bonchev–Trinajstić information content (AvgIpc) is 2.47. The molecule has 1 N–H and O–H groups in total. The van der Waals surface area contributed by atoms with Gasteiger partial charge in [-0.15, -0.1) is 0 Å². The maximum Gasteiger partial charge on any atom is 0.308 e. The predicted octanol–water partition coefficient (Wildman–Crippen LogP) is 2.64. The summed E-state index contributed by atoms with van der Waals surface area (Å²) in [6.45, 7) is 4.62. The lowest BCUT2D eigenvalue weighted by Crippen LogP contribution is -2.45. The first-order chi connectivity index (χ1) is 9.87. The third-order valence-electron chi connectivity index (χ3n) is 4.29. The van der Waals surface area contributed by atoms with Crippen molar-refractivity contribution in [2.24, 2.45) is 5.92 Å². The van der Waals surface area contributed by atoms with Gasteiger partial charge in [0.15, 0.2) is 0 Å². The number of aliphatic hydroxyl groups is 1.